The van der Waals surface area contributed by atoms with Gasteiger partial charge in [0.15, 0.2) is 23.4 Å². The molecule has 42 heavy (non-hydrogen) atoms. The van der Waals surface area contributed by atoms with Crippen LogP contribution in [0.25, 0.3) is 22.3 Å². The molecule has 0 N–H and O–H groups in total. The molecule has 3 aromatic carbocycles. The minimum Gasteiger partial charge on any atom is -0.496 e. The Morgan fingerprint density at radius 3 is 2.50 bits per heavy atom. The second kappa shape index (κ2) is 13.1. The zero-order valence-corrected chi connectivity index (χ0v) is 25.5. The summed E-state index contributed by atoms with van der Waals surface area (Å²) in [5.41, 5.74) is 3.41. The van der Waals surface area contributed by atoms with Crippen LogP contribution in [0.3, 0.4) is 0 Å². The van der Waals surface area contributed by atoms with E-state index in [-0.39, 0.29) is 22.2 Å². The lowest BCUT2D eigenvalue weighted by molar-refractivity contribution is -0.147. The average Bonchev–Trinajstić information content (AvgIpc) is 2.97. The fraction of sp³-hybridized carbons (Fsp3) is 0.312. The molecule has 0 unspecified atom stereocenters. The van der Waals surface area contributed by atoms with E-state index >= 15 is 0 Å². The van der Waals surface area contributed by atoms with Crippen LogP contribution < -0.4 is 19.8 Å². The minimum atomic E-state index is -0.903. The summed E-state index contributed by atoms with van der Waals surface area (Å²) in [5.74, 6) is 1.30. The second-order valence-electron chi connectivity index (χ2n) is 9.92. The van der Waals surface area contributed by atoms with Gasteiger partial charge in [0.05, 0.1) is 43.0 Å². The Hall–Kier alpha value is -4.37. The fourth-order valence-corrected chi connectivity index (χ4v) is 4.79. The Balaban J connectivity index is 1.88. The van der Waals surface area contributed by atoms with Crippen molar-refractivity contribution in [2.45, 2.75) is 46.6 Å². The summed E-state index contributed by atoms with van der Waals surface area (Å²) in [6.07, 6.45) is 0.602. The number of aromatic nitrogens is 2. The summed E-state index contributed by atoms with van der Waals surface area (Å²) in [4.78, 5) is 30.6. The molecule has 1 atom stereocenters. The Bertz CT molecular complexity index is 1710. The maximum absolute atomic E-state index is 13.8. The monoisotopic (exact) mass is 591 g/mol. The SMILES string of the molecule is CCOc1cc(C=Nn2c(-c3cc(C(C)C)c(OC)cc3C)nc3ccccc3c2=O)cc(Cl)c1O[C@H](C)C(=O)OC. The van der Waals surface area contributed by atoms with Gasteiger partial charge in [-0.3, -0.25) is 4.79 Å². The number of hydrogen-bond acceptors (Lipinski definition) is 8. The summed E-state index contributed by atoms with van der Waals surface area (Å²) >= 11 is 6.57. The molecule has 0 radical (unpaired) electrons. The summed E-state index contributed by atoms with van der Waals surface area (Å²) in [7, 11) is 2.92. The normalized spacial score (nSPS) is 12.1. The van der Waals surface area contributed by atoms with Crippen LogP contribution in [-0.2, 0) is 9.53 Å². The maximum atomic E-state index is 13.8. The van der Waals surface area contributed by atoms with Crippen molar-refractivity contribution >= 4 is 34.7 Å². The van der Waals surface area contributed by atoms with Gasteiger partial charge in [-0.15, -0.1) is 0 Å². The van der Waals surface area contributed by atoms with E-state index in [4.69, 9.17) is 35.5 Å². The topological polar surface area (TPSA) is 101 Å². The third-order valence-corrected chi connectivity index (χ3v) is 6.96. The predicted molar refractivity (Wildman–Crippen MR) is 165 cm³/mol. The highest BCUT2D eigenvalue weighted by Crippen LogP contribution is 2.37. The van der Waals surface area contributed by atoms with Crippen LogP contribution in [0.4, 0.5) is 0 Å². The highest BCUT2D eigenvalue weighted by atomic mass is 35.5. The molecular weight excluding hydrogens is 558 g/mol. The van der Waals surface area contributed by atoms with Crippen molar-refractivity contribution in [2.24, 2.45) is 5.10 Å². The number of benzene rings is 3. The fourth-order valence-electron chi connectivity index (χ4n) is 4.53. The zero-order chi connectivity index (χ0) is 30.6. The maximum Gasteiger partial charge on any atom is 0.346 e. The van der Waals surface area contributed by atoms with Crippen molar-refractivity contribution in [3.8, 4) is 28.6 Å². The molecule has 0 bridgehead atoms. The van der Waals surface area contributed by atoms with Crippen molar-refractivity contribution in [1.82, 2.24) is 9.66 Å². The number of ether oxygens (including phenoxy) is 4. The molecule has 0 amide bonds. The molecule has 0 fully saturated rings. The lowest BCUT2D eigenvalue weighted by Gasteiger charge is -2.18. The van der Waals surface area contributed by atoms with Gasteiger partial charge in [0.25, 0.3) is 5.56 Å². The van der Waals surface area contributed by atoms with Gasteiger partial charge in [0.2, 0.25) is 0 Å². The standard InChI is InChI=1S/C32H34ClN3O6/c1-8-41-28-15-21(14-25(33)29(28)42-20(5)32(38)40-7)17-34-36-30(35-26-12-10-9-11-22(26)31(36)37)24-16-23(18(2)3)27(39-6)13-19(24)4/h9-18,20H,8H2,1-7H3/t20-/m1/s1. The molecule has 1 aromatic heterocycles. The molecule has 9 nitrogen and oxygen atoms in total. The summed E-state index contributed by atoms with van der Waals surface area (Å²) < 4.78 is 23.2. The predicted octanol–water partition coefficient (Wildman–Crippen LogP) is 6.38. The van der Waals surface area contributed by atoms with E-state index in [9.17, 15) is 9.59 Å². The van der Waals surface area contributed by atoms with Gasteiger partial charge in [-0.2, -0.15) is 9.78 Å². The number of methoxy groups -OCH3 is 2. The van der Waals surface area contributed by atoms with E-state index in [0.717, 1.165) is 22.4 Å². The van der Waals surface area contributed by atoms with E-state index in [0.29, 0.717) is 34.6 Å². The number of carbonyl (C=O) groups excluding carboxylic acids is 1. The van der Waals surface area contributed by atoms with Crippen LogP contribution in [0.5, 0.6) is 17.2 Å². The van der Waals surface area contributed by atoms with Gasteiger partial charge in [-0.25, -0.2) is 9.78 Å². The molecular formula is C32H34ClN3O6. The minimum absolute atomic E-state index is 0.171. The zero-order valence-electron chi connectivity index (χ0n) is 24.7. The number of carbonyl (C=O) groups is 1. The van der Waals surface area contributed by atoms with Crippen LogP contribution in [0.2, 0.25) is 5.02 Å². The number of aryl methyl sites for hydroxylation is 1. The summed E-state index contributed by atoms with van der Waals surface area (Å²) in [5, 5.41) is 5.23. The van der Waals surface area contributed by atoms with Crippen molar-refractivity contribution in [3.05, 3.63) is 80.6 Å². The Morgan fingerprint density at radius 2 is 1.83 bits per heavy atom. The van der Waals surface area contributed by atoms with Crippen LogP contribution in [0.1, 0.15) is 50.3 Å². The molecule has 0 spiro atoms. The number of hydrogen-bond donors (Lipinski definition) is 0. The molecule has 220 valence electrons. The first kappa shape index (κ1) is 30.6. The number of para-hydroxylation sites is 1. The van der Waals surface area contributed by atoms with Crippen molar-refractivity contribution in [1.29, 1.82) is 0 Å². The van der Waals surface area contributed by atoms with E-state index in [1.165, 1.54) is 18.0 Å². The van der Waals surface area contributed by atoms with Crippen molar-refractivity contribution < 1.29 is 23.7 Å². The molecule has 0 saturated heterocycles. The number of fused-ring (bicyclic) bond motifs is 1. The number of rotatable bonds is 10. The number of nitrogens with zero attached hydrogens (tertiary/aromatic N) is 3. The molecule has 4 rings (SSSR count). The average molecular weight is 592 g/mol. The lowest BCUT2D eigenvalue weighted by atomic mass is 9.96. The van der Waals surface area contributed by atoms with Crippen LogP contribution in [0.15, 0.2) is 58.4 Å². The third kappa shape index (κ3) is 6.26. The lowest BCUT2D eigenvalue weighted by Crippen LogP contribution is -2.25. The van der Waals surface area contributed by atoms with Crippen LogP contribution >= 0.6 is 11.6 Å². The molecule has 0 saturated carbocycles. The number of esters is 1. The first-order valence-corrected chi connectivity index (χ1v) is 13.9. The van der Waals surface area contributed by atoms with Gasteiger partial charge in [-0.05, 0) is 79.8 Å². The Kier molecular flexibility index (Phi) is 9.52. The quantitative estimate of drug-likeness (QED) is 0.156. The van der Waals surface area contributed by atoms with Crippen LogP contribution in [0, 0.1) is 6.92 Å². The first-order chi connectivity index (χ1) is 20.1. The van der Waals surface area contributed by atoms with Crippen molar-refractivity contribution in [3.63, 3.8) is 0 Å². The van der Waals surface area contributed by atoms with Crippen molar-refractivity contribution in [2.75, 3.05) is 20.8 Å². The van der Waals surface area contributed by atoms with Gasteiger partial charge >= 0.3 is 5.97 Å². The Morgan fingerprint density at radius 1 is 1.10 bits per heavy atom. The number of halogens is 1. The third-order valence-electron chi connectivity index (χ3n) is 6.68. The Labute approximate surface area is 249 Å². The molecule has 4 aromatic rings. The van der Waals surface area contributed by atoms with E-state index in [2.05, 4.69) is 18.9 Å². The molecule has 0 aliphatic carbocycles. The molecule has 10 heteroatoms. The van der Waals surface area contributed by atoms with E-state index in [1.807, 2.05) is 32.0 Å². The highest BCUT2D eigenvalue weighted by Gasteiger charge is 2.21. The summed E-state index contributed by atoms with van der Waals surface area (Å²) in [6, 6.07) is 14.4. The molecule has 1 heterocycles. The largest absolute Gasteiger partial charge is 0.496 e. The first-order valence-electron chi connectivity index (χ1n) is 13.5. The summed E-state index contributed by atoms with van der Waals surface area (Å²) in [6.45, 7) is 9.80. The van der Waals surface area contributed by atoms with Gasteiger partial charge in [-0.1, -0.05) is 37.6 Å². The smallest absolute Gasteiger partial charge is 0.346 e. The second-order valence-corrected chi connectivity index (χ2v) is 10.3. The van der Waals surface area contributed by atoms with Gasteiger partial charge < -0.3 is 18.9 Å². The van der Waals surface area contributed by atoms with E-state index in [1.54, 1.807) is 44.4 Å². The van der Waals surface area contributed by atoms with Crippen LogP contribution in [-0.4, -0.2) is 48.8 Å². The van der Waals surface area contributed by atoms with Gasteiger partial charge in [0, 0.05) is 5.56 Å². The molecule has 0 aliphatic heterocycles. The highest BCUT2D eigenvalue weighted by molar-refractivity contribution is 6.32. The van der Waals surface area contributed by atoms with E-state index < -0.39 is 12.1 Å². The van der Waals surface area contributed by atoms with Gasteiger partial charge in [0.1, 0.15) is 5.75 Å². The molecule has 0 aliphatic rings.